The molecule has 3 aromatic rings. The van der Waals surface area contributed by atoms with Gasteiger partial charge in [-0.2, -0.15) is 0 Å². The minimum Gasteiger partial charge on any atom is -0.350 e. The number of halogens is 1. The van der Waals surface area contributed by atoms with E-state index >= 15 is 0 Å². The van der Waals surface area contributed by atoms with Gasteiger partial charge in [-0.1, -0.05) is 30.3 Å². The lowest BCUT2D eigenvalue weighted by Gasteiger charge is -2.27. The molecule has 1 aliphatic heterocycles. The van der Waals surface area contributed by atoms with Crippen LogP contribution in [-0.2, 0) is 11.8 Å². The third kappa shape index (κ3) is 3.99. The molecule has 1 saturated heterocycles. The number of hydrogen-bond acceptors (Lipinski definition) is 2. The second-order valence-electron chi connectivity index (χ2n) is 7.56. The number of amides is 2. The van der Waals surface area contributed by atoms with Crippen LogP contribution in [0.3, 0.4) is 0 Å². The van der Waals surface area contributed by atoms with E-state index in [1.165, 1.54) is 18.2 Å². The maximum atomic E-state index is 14.1. The Balaban J connectivity index is 1.73. The summed E-state index contributed by atoms with van der Waals surface area (Å²) < 4.78 is 16.1. The van der Waals surface area contributed by atoms with Gasteiger partial charge in [0.1, 0.15) is 11.5 Å². The number of hydrogen-bond donors (Lipinski definition) is 1. The standard InChI is InChI=1S/C24H24FN3O2/c1-27-16-17(18-9-4-6-12-22(18)27)15-21(24(30)28-13-7-2-8-14-28)26-23(29)19-10-3-5-11-20(19)25/h3-6,9-12,15-16H,2,7-8,13-14H2,1H3,(H,26,29)/b21-15-. The van der Waals surface area contributed by atoms with Crippen molar-refractivity contribution < 1.29 is 14.0 Å². The first-order valence-electron chi connectivity index (χ1n) is 10.2. The lowest BCUT2D eigenvalue weighted by molar-refractivity contribution is -0.128. The zero-order chi connectivity index (χ0) is 21.1. The Morgan fingerprint density at radius 2 is 1.70 bits per heavy atom. The van der Waals surface area contributed by atoms with E-state index in [9.17, 15) is 14.0 Å². The summed E-state index contributed by atoms with van der Waals surface area (Å²) >= 11 is 0. The van der Waals surface area contributed by atoms with E-state index in [0.717, 1.165) is 35.7 Å². The molecule has 6 heteroatoms. The molecule has 0 aliphatic carbocycles. The van der Waals surface area contributed by atoms with Crippen molar-refractivity contribution in [3.63, 3.8) is 0 Å². The number of nitrogens with zero attached hydrogens (tertiary/aromatic N) is 2. The van der Waals surface area contributed by atoms with Gasteiger partial charge in [0.2, 0.25) is 0 Å². The molecule has 0 bridgehead atoms. The normalized spacial score (nSPS) is 14.7. The molecule has 0 unspecified atom stereocenters. The van der Waals surface area contributed by atoms with Crippen LogP contribution in [0.4, 0.5) is 4.39 Å². The Bertz CT molecular complexity index is 1130. The van der Waals surface area contributed by atoms with Crippen molar-refractivity contribution in [1.29, 1.82) is 0 Å². The van der Waals surface area contributed by atoms with Crippen molar-refractivity contribution in [2.75, 3.05) is 13.1 Å². The van der Waals surface area contributed by atoms with Gasteiger partial charge in [-0.3, -0.25) is 9.59 Å². The number of nitrogens with one attached hydrogen (secondary N) is 1. The van der Waals surface area contributed by atoms with Crippen LogP contribution in [0, 0.1) is 5.82 Å². The van der Waals surface area contributed by atoms with Gasteiger partial charge >= 0.3 is 0 Å². The molecule has 1 aromatic heterocycles. The van der Waals surface area contributed by atoms with Crippen LogP contribution in [0.5, 0.6) is 0 Å². The van der Waals surface area contributed by atoms with Gasteiger partial charge < -0.3 is 14.8 Å². The number of piperidine rings is 1. The highest BCUT2D eigenvalue weighted by Gasteiger charge is 2.23. The number of carbonyl (C=O) groups is 2. The van der Waals surface area contributed by atoms with Gasteiger partial charge in [-0.05, 0) is 43.5 Å². The monoisotopic (exact) mass is 405 g/mol. The molecule has 1 aliphatic rings. The summed E-state index contributed by atoms with van der Waals surface area (Å²) in [6.07, 6.45) is 6.58. The van der Waals surface area contributed by atoms with E-state index in [1.807, 2.05) is 42.1 Å². The van der Waals surface area contributed by atoms with Crippen molar-refractivity contribution in [2.24, 2.45) is 7.05 Å². The van der Waals surface area contributed by atoms with Crippen LogP contribution in [0.1, 0.15) is 35.2 Å². The minimum absolute atomic E-state index is 0.0900. The predicted octanol–water partition coefficient (Wildman–Crippen LogP) is 4.10. The first-order chi connectivity index (χ1) is 14.5. The largest absolute Gasteiger partial charge is 0.350 e. The zero-order valence-electron chi connectivity index (χ0n) is 16.9. The number of para-hydroxylation sites is 1. The van der Waals surface area contributed by atoms with Crippen LogP contribution < -0.4 is 5.32 Å². The van der Waals surface area contributed by atoms with Crippen molar-refractivity contribution in [3.8, 4) is 0 Å². The van der Waals surface area contributed by atoms with Gasteiger partial charge in [-0.25, -0.2) is 4.39 Å². The Morgan fingerprint density at radius 1 is 1.00 bits per heavy atom. The molecule has 1 N–H and O–H groups in total. The molecule has 0 spiro atoms. The van der Waals surface area contributed by atoms with Crippen molar-refractivity contribution in [2.45, 2.75) is 19.3 Å². The molecule has 30 heavy (non-hydrogen) atoms. The minimum atomic E-state index is -0.634. The van der Waals surface area contributed by atoms with E-state index in [1.54, 1.807) is 17.0 Å². The van der Waals surface area contributed by atoms with E-state index in [2.05, 4.69) is 5.32 Å². The summed E-state index contributed by atoms with van der Waals surface area (Å²) in [5, 5.41) is 3.65. The molecule has 0 saturated carbocycles. The summed E-state index contributed by atoms with van der Waals surface area (Å²) in [7, 11) is 1.93. The summed E-state index contributed by atoms with van der Waals surface area (Å²) in [6.45, 7) is 1.31. The topological polar surface area (TPSA) is 54.3 Å². The van der Waals surface area contributed by atoms with Crippen LogP contribution in [-0.4, -0.2) is 34.4 Å². The highest BCUT2D eigenvalue weighted by atomic mass is 19.1. The number of aromatic nitrogens is 1. The second kappa shape index (κ2) is 8.53. The number of likely N-dealkylation sites (tertiary alicyclic amines) is 1. The molecule has 2 amide bonds. The van der Waals surface area contributed by atoms with Gasteiger partial charge in [0.05, 0.1) is 5.56 Å². The second-order valence-corrected chi connectivity index (χ2v) is 7.56. The Kier molecular flexibility index (Phi) is 5.65. The lowest BCUT2D eigenvalue weighted by Crippen LogP contribution is -2.41. The quantitative estimate of drug-likeness (QED) is 0.665. The van der Waals surface area contributed by atoms with E-state index in [0.29, 0.717) is 13.1 Å². The molecule has 4 rings (SSSR count). The maximum Gasteiger partial charge on any atom is 0.270 e. The summed E-state index contributed by atoms with van der Waals surface area (Å²) in [5.41, 5.74) is 1.91. The molecule has 1 fully saturated rings. The molecule has 0 radical (unpaired) electrons. The average Bonchev–Trinajstić information content (AvgIpc) is 3.09. The fraction of sp³-hybridized carbons (Fsp3) is 0.250. The summed E-state index contributed by atoms with van der Waals surface area (Å²) in [6, 6.07) is 13.6. The van der Waals surface area contributed by atoms with Crippen LogP contribution in [0.15, 0.2) is 60.4 Å². The lowest BCUT2D eigenvalue weighted by atomic mass is 10.1. The third-order valence-electron chi connectivity index (χ3n) is 5.47. The molecule has 5 nitrogen and oxygen atoms in total. The van der Waals surface area contributed by atoms with Crippen molar-refractivity contribution in [3.05, 3.63) is 77.4 Å². The Hall–Kier alpha value is -3.41. The van der Waals surface area contributed by atoms with Crippen molar-refractivity contribution >= 4 is 28.8 Å². The fourth-order valence-electron chi connectivity index (χ4n) is 3.90. The predicted molar refractivity (Wildman–Crippen MR) is 115 cm³/mol. The SMILES string of the molecule is Cn1cc(/C=C(\NC(=O)c2ccccc2F)C(=O)N2CCCCC2)c2ccccc21. The number of carbonyl (C=O) groups excluding carboxylic acids is 2. The first-order valence-corrected chi connectivity index (χ1v) is 10.2. The number of benzene rings is 2. The first kappa shape index (κ1) is 19.9. The Labute approximate surface area is 174 Å². The van der Waals surface area contributed by atoms with E-state index in [-0.39, 0.29) is 17.2 Å². The molecule has 0 atom stereocenters. The molecule has 2 heterocycles. The molecular weight excluding hydrogens is 381 g/mol. The van der Waals surface area contributed by atoms with Crippen molar-refractivity contribution in [1.82, 2.24) is 14.8 Å². The number of rotatable bonds is 4. The summed E-state index contributed by atoms with van der Waals surface area (Å²) in [5.74, 6) is -1.50. The number of aryl methyl sites for hydroxylation is 1. The average molecular weight is 405 g/mol. The van der Waals surface area contributed by atoms with Gasteiger partial charge in [0, 0.05) is 42.8 Å². The smallest absolute Gasteiger partial charge is 0.270 e. The zero-order valence-corrected chi connectivity index (χ0v) is 16.9. The van der Waals surface area contributed by atoms with Gasteiger partial charge in [-0.15, -0.1) is 0 Å². The molecule has 154 valence electrons. The van der Waals surface area contributed by atoms with E-state index < -0.39 is 11.7 Å². The van der Waals surface area contributed by atoms with Crippen LogP contribution >= 0.6 is 0 Å². The van der Waals surface area contributed by atoms with Gasteiger partial charge in [0.25, 0.3) is 11.8 Å². The molecule has 2 aromatic carbocycles. The third-order valence-corrected chi connectivity index (χ3v) is 5.47. The van der Waals surface area contributed by atoms with Gasteiger partial charge in [0.15, 0.2) is 0 Å². The maximum absolute atomic E-state index is 14.1. The van der Waals surface area contributed by atoms with E-state index in [4.69, 9.17) is 0 Å². The highest BCUT2D eigenvalue weighted by Crippen LogP contribution is 2.23. The van der Waals surface area contributed by atoms with Crippen LogP contribution in [0.2, 0.25) is 0 Å². The Morgan fingerprint density at radius 3 is 2.47 bits per heavy atom. The summed E-state index contributed by atoms with van der Waals surface area (Å²) in [4.78, 5) is 27.7. The molecular formula is C24H24FN3O2. The fourth-order valence-corrected chi connectivity index (χ4v) is 3.90. The number of fused-ring (bicyclic) bond motifs is 1. The highest BCUT2D eigenvalue weighted by molar-refractivity contribution is 6.06. The van der Waals surface area contributed by atoms with Crippen LogP contribution in [0.25, 0.3) is 17.0 Å².